The van der Waals surface area contributed by atoms with Crippen LogP contribution in [0.15, 0.2) is 35.4 Å². The SMILES string of the molecule is C[C@@H]1CCCC[C@@H]1NC(=O)CCC(=O)N1CCC(c2ccccc2)=N1. The van der Waals surface area contributed by atoms with E-state index >= 15 is 0 Å². The first-order valence-electron chi connectivity index (χ1n) is 9.36. The maximum absolute atomic E-state index is 12.3. The molecule has 0 aromatic heterocycles. The van der Waals surface area contributed by atoms with Crippen molar-refractivity contribution >= 4 is 17.5 Å². The largest absolute Gasteiger partial charge is 0.353 e. The molecule has 2 atom stereocenters. The van der Waals surface area contributed by atoms with E-state index in [1.165, 1.54) is 24.3 Å². The highest BCUT2D eigenvalue weighted by atomic mass is 16.2. The molecule has 134 valence electrons. The van der Waals surface area contributed by atoms with Gasteiger partial charge in [0, 0.05) is 25.3 Å². The van der Waals surface area contributed by atoms with Crippen molar-refractivity contribution in [3.05, 3.63) is 35.9 Å². The second kappa shape index (κ2) is 8.28. The smallest absolute Gasteiger partial charge is 0.243 e. The van der Waals surface area contributed by atoms with E-state index in [-0.39, 0.29) is 30.7 Å². The Bertz CT molecular complexity index is 642. The summed E-state index contributed by atoms with van der Waals surface area (Å²) in [6.45, 7) is 2.80. The Morgan fingerprint density at radius 2 is 1.92 bits per heavy atom. The summed E-state index contributed by atoms with van der Waals surface area (Å²) in [5.74, 6) is 0.446. The van der Waals surface area contributed by atoms with Crippen LogP contribution >= 0.6 is 0 Å². The van der Waals surface area contributed by atoms with Crippen molar-refractivity contribution in [2.75, 3.05) is 6.54 Å². The average Bonchev–Trinajstić information content (AvgIpc) is 3.13. The van der Waals surface area contributed by atoms with Crippen LogP contribution in [-0.2, 0) is 9.59 Å². The van der Waals surface area contributed by atoms with Gasteiger partial charge in [-0.15, -0.1) is 0 Å². The zero-order valence-electron chi connectivity index (χ0n) is 14.9. The van der Waals surface area contributed by atoms with Gasteiger partial charge in [0.25, 0.3) is 0 Å². The topological polar surface area (TPSA) is 61.8 Å². The van der Waals surface area contributed by atoms with Crippen molar-refractivity contribution in [3.63, 3.8) is 0 Å². The Kier molecular flexibility index (Phi) is 5.84. The van der Waals surface area contributed by atoms with Gasteiger partial charge in [-0.25, -0.2) is 5.01 Å². The third-order valence-corrected chi connectivity index (χ3v) is 5.22. The predicted molar refractivity (Wildman–Crippen MR) is 98.1 cm³/mol. The number of nitrogens with one attached hydrogen (secondary N) is 1. The van der Waals surface area contributed by atoms with Gasteiger partial charge in [0.15, 0.2) is 0 Å². The van der Waals surface area contributed by atoms with E-state index in [0.717, 1.165) is 24.1 Å². The van der Waals surface area contributed by atoms with E-state index in [9.17, 15) is 9.59 Å². The number of hydrogen-bond donors (Lipinski definition) is 1. The fraction of sp³-hybridized carbons (Fsp3) is 0.550. The van der Waals surface area contributed by atoms with Crippen LogP contribution in [0.4, 0.5) is 0 Å². The molecule has 0 radical (unpaired) electrons. The number of nitrogens with zero attached hydrogens (tertiary/aromatic N) is 2. The summed E-state index contributed by atoms with van der Waals surface area (Å²) < 4.78 is 0. The number of hydrazone groups is 1. The van der Waals surface area contributed by atoms with E-state index in [1.54, 1.807) is 0 Å². The molecule has 0 unspecified atom stereocenters. The minimum Gasteiger partial charge on any atom is -0.353 e. The van der Waals surface area contributed by atoms with Gasteiger partial charge in [-0.2, -0.15) is 5.10 Å². The van der Waals surface area contributed by atoms with Gasteiger partial charge in [-0.3, -0.25) is 9.59 Å². The Balaban J connectivity index is 1.46. The second-order valence-electron chi connectivity index (χ2n) is 7.12. The fourth-order valence-corrected chi connectivity index (χ4v) is 3.63. The number of benzene rings is 1. The monoisotopic (exact) mass is 341 g/mol. The van der Waals surface area contributed by atoms with Crippen LogP contribution in [0.1, 0.15) is 57.4 Å². The molecule has 5 nitrogen and oxygen atoms in total. The van der Waals surface area contributed by atoms with Crippen LogP contribution in [0, 0.1) is 5.92 Å². The molecule has 1 fully saturated rings. The first kappa shape index (κ1) is 17.6. The minimum absolute atomic E-state index is 0.0152. The second-order valence-corrected chi connectivity index (χ2v) is 7.12. The van der Waals surface area contributed by atoms with Gasteiger partial charge >= 0.3 is 0 Å². The van der Waals surface area contributed by atoms with Gasteiger partial charge in [-0.05, 0) is 24.3 Å². The van der Waals surface area contributed by atoms with Crippen LogP contribution < -0.4 is 5.32 Å². The number of amides is 2. The Morgan fingerprint density at radius 1 is 1.16 bits per heavy atom. The lowest BCUT2D eigenvalue weighted by atomic mass is 9.86. The van der Waals surface area contributed by atoms with Crippen LogP contribution in [0.25, 0.3) is 0 Å². The maximum Gasteiger partial charge on any atom is 0.243 e. The molecule has 1 aromatic rings. The fourth-order valence-electron chi connectivity index (χ4n) is 3.63. The van der Waals surface area contributed by atoms with Gasteiger partial charge in [0.05, 0.1) is 12.3 Å². The average molecular weight is 341 g/mol. The zero-order valence-corrected chi connectivity index (χ0v) is 14.9. The summed E-state index contributed by atoms with van der Waals surface area (Å²) in [7, 11) is 0. The lowest BCUT2D eigenvalue weighted by Crippen LogP contribution is -2.41. The maximum atomic E-state index is 12.3. The molecule has 2 aliphatic rings. The number of carbonyl (C=O) groups excluding carboxylic acids is 2. The highest BCUT2D eigenvalue weighted by molar-refractivity contribution is 6.02. The molecule has 1 aliphatic heterocycles. The third kappa shape index (κ3) is 4.68. The standard InChI is InChI=1S/C20H27N3O2/c1-15-7-5-6-10-17(15)21-19(24)11-12-20(25)23-14-13-18(22-23)16-8-3-2-4-9-16/h2-4,8-9,15,17H,5-7,10-14H2,1H3,(H,21,24)/t15-,17+/m1/s1. The molecule has 0 spiro atoms. The molecule has 0 saturated heterocycles. The lowest BCUT2D eigenvalue weighted by molar-refractivity contribution is -0.133. The van der Waals surface area contributed by atoms with Crippen LogP contribution in [-0.4, -0.2) is 35.1 Å². The van der Waals surface area contributed by atoms with Gasteiger partial charge in [0.2, 0.25) is 11.8 Å². The van der Waals surface area contributed by atoms with E-state index in [0.29, 0.717) is 12.5 Å². The van der Waals surface area contributed by atoms with E-state index < -0.39 is 0 Å². The van der Waals surface area contributed by atoms with E-state index in [1.807, 2.05) is 30.3 Å². The molecular formula is C20H27N3O2. The molecule has 1 aromatic carbocycles. The Hall–Kier alpha value is -2.17. The normalized spacial score (nSPS) is 23.2. The zero-order chi connectivity index (χ0) is 17.6. The number of rotatable bonds is 5. The minimum atomic E-state index is -0.0715. The highest BCUT2D eigenvalue weighted by Gasteiger charge is 2.24. The molecule has 0 bridgehead atoms. The molecule has 1 aliphatic carbocycles. The summed E-state index contributed by atoms with van der Waals surface area (Å²) >= 11 is 0. The van der Waals surface area contributed by atoms with Crippen LogP contribution in [0.2, 0.25) is 0 Å². The van der Waals surface area contributed by atoms with E-state index in [2.05, 4.69) is 17.3 Å². The first-order valence-corrected chi connectivity index (χ1v) is 9.36. The van der Waals surface area contributed by atoms with Gasteiger partial charge in [0.1, 0.15) is 0 Å². The van der Waals surface area contributed by atoms with Crippen molar-refractivity contribution in [2.24, 2.45) is 11.0 Å². The molecule has 5 heteroatoms. The number of carbonyl (C=O) groups is 2. The number of hydrogen-bond acceptors (Lipinski definition) is 3. The molecule has 3 rings (SSSR count). The summed E-state index contributed by atoms with van der Waals surface area (Å²) in [6, 6.07) is 10.2. The van der Waals surface area contributed by atoms with Crippen molar-refractivity contribution in [3.8, 4) is 0 Å². The summed E-state index contributed by atoms with van der Waals surface area (Å²) in [5, 5.41) is 9.05. The quantitative estimate of drug-likeness (QED) is 0.894. The van der Waals surface area contributed by atoms with E-state index in [4.69, 9.17) is 0 Å². The predicted octanol–water partition coefficient (Wildman–Crippen LogP) is 3.10. The summed E-state index contributed by atoms with van der Waals surface area (Å²) in [5.41, 5.74) is 2.00. The molecule has 1 N–H and O–H groups in total. The van der Waals surface area contributed by atoms with Crippen molar-refractivity contribution in [1.29, 1.82) is 0 Å². The van der Waals surface area contributed by atoms with Crippen molar-refractivity contribution in [1.82, 2.24) is 10.3 Å². The summed E-state index contributed by atoms with van der Waals surface area (Å²) in [4.78, 5) is 24.5. The molecule has 1 saturated carbocycles. The molecular weight excluding hydrogens is 314 g/mol. The van der Waals surface area contributed by atoms with Crippen molar-refractivity contribution in [2.45, 2.75) is 57.9 Å². The van der Waals surface area contributed by atoms with Crippen molar-refractivity contribution < 1.29 is 9.59 Å². The van der Waals surface area contributed by atoms with Gasteiger partial charge < -0.3 is 5.32 Å². The molecule has 25 heavy (non-hydrogen) atoms. The Labute approximate surface area is 149 Å². The van der Waals surface area contributed by atoms with Crippen LogP contribution in [0.5, 0.6) is 0 Å². The molecule has 2 amide bonds. The summed E-state index contributed by atoms with van der Waals surface area (Å²) in [6.07, 6.45) is 5.89. The third-order valence-electron chi connectivity index (χ3n) is 5.22. The molecule has 1 heterocycles. The van der Waals surface area contributed by atoms with Gasteiger partial charge in [-0.1, -0.05) is 50.1 Å². The first-order chi connectivity index (χ1) is 12.1. The van der Waals surface area contributed by atoms with Crippen LogP contribution in [0.3, 0.4) is 0 Å². The lowest BCUT2D eigenvalue weighted by Gasteiger charge is -2.29. The Morgan fingerprint density at radius 3 is 2.68 bits per heavy atom. The highest BCUT2D eigenvalue weighted by Crippen LogP contribution is 2.23.